The van der Waals surface area contributed by atoms with Gasteiger partial charge in [-0.1, -0.05) is 6.07 Å². The highest BCUT2D eigenvalue weighted by atomic mass is 16.5. The predicted molar refractivity (Wildman–Crippen MR) is 125 cm³/mol. The van der Waals surface area contributed by atoms with Gasteiger partial charge in [0.1, 0.15) is 11.5 Å². The van der Waals surface area contributed by atoms with Crippen molar-refractivity contribution in [1.82, 2.24) is 10.2 Å². The summed E-state index contributed by atoms with van der Waals surface area (Å²) < 4.78 is 11.1. The Morgan fingerprint density at radius 2 is 2.03 bits per heavy atom. The molecule has 1 aromatic carbocycles. The molecule has 0 aromatic heterocycles. The summed E-state index contributed by atoms with van der Waals surface area (Å²) in [5.41, 5.74) is -1.76. The van der Waals surface area contributed by atoms with Crippen molar-refractivity contribution in [1.29, 1.82) is 0 Å². The van der Waals surface area contributed by atoms with Crippen molar-refractivity contribution in [3.63, 3.8) is 0 Å². The Bertz CT molecular complexity index is 1190. The summed E-state index contributed by atoms with van der Waals surface area (Å²) in [5.74, 6) is -1.78. The Labute approximate surface area is 209 Å². The number of esters is 1. The SMILES string of the molecule is COC(=O)C1(NC(=O)C2C[C@@]3(O)[C@H]4Cc5ccc(O)c6c5[C@@]3(CCN4CC3CC3)[C@@H](O6)C2=O)CCC1. The number of ether oxygens (including phenoxy) is 2. The van der Waals surface area contributed by atoms with Crippen LogP contribution in [0.3, 0.4) is 0 Å². The monoisotopic (exact) mass is 496 g/mol. The summed E-state index contributed by atoms with van der Waals surface area (Å²) in [6, 6.07) is 3.22. The van der Waals surface area contributed by atoms with Crippen molar-refractivity contribution in [2.45, 2.75) is 80.1 Å². The van der Waals surface area contributed by atoms with Crippen LogP contribution in [-0.4, -0.2) is 76.3 Å². The molecule has 1 spiro atoms. The first-order chi connectivity index (χ1) is 17.2. The van der Waals surface area contributed by atoms with Gasteiger partial charge in [-0.2, -0.15) is 0 Å². The van der Waals surface area contributed by atoms with E-state index in [2.05, 4.69) is 10.2 Å². The average Bonchev–Trinajstić information content (AvgIpc) is 3.57. The Morgan fingerprint density at radius 1 is 1.25 bits per heavy atom. The molecule has 1 saturated heterocycles. The molecule has 7 rings (SSSR count). The number of nitrogens with one attached hydrogen (secondary N) is 1. The third-order valence-electron chi connectivity index (χ3n) is 10.1. The minimum Gasteiger partial charge on any atom is -0.504 e. The summed E-state index contributed by atoms with van der Waals surface area (Å²) in [7, 11) is 1.29. The molecule has 3 N–H and O–H groups in total. The van der Waals surface area contributed by atoms with E-state index in [1.165, 1.54) is 20.0 Å². The van der Waals surface area contributed by atoms with E-state index in [9.17, 15) is 24.6 Å². The molecule has 36 heavy (non-hydrogen) atoms. The van der Waals surface area contributed by atoms with Crippen LogP contribution in [0, 0.1) is 11.8 Å². The number of Topliss-reactive ketones (excluding diaryl/α,β-unsaturated/α-hetero) is 1. The minimum atomic E-state index is -1.38. The molecule has 6 aliphatic rings. The highest BCUT2D eigenvalue weighted by Crippen LogP contribution is 2.65. The van der Waals surface area contributed by atoms with E-state index in [0.29, 0.717) is 31.6 Å². The van der Waals surface area contributed by atoms with Crippen LogP contribution in [-0.2, 0) is 31.0 Å². The highest BCUT2D eigenvalue weighted by molar-refractivity contribution is 6.07. The standard InChI is InChI=1S/C27H32N2O7/c1-35-24(33)25(7-2-8-25)28-23(32)16-12-27(34)18-11-15-5-6-17(30)21-19(15)26(27,22(36-21)20(16)31)9-10-29(18)13-14-3-4-14/h5-6,14,16,18,22,30,34H,2-4,7-13H2,1H3,(H,28,32)/t16?,18-,22+,26+,27-/m1/s1. The minimum absolute atomic E-state index is 0.0326. The topological polar surface area (TPSA) is 125 Å². The lowest BCUT2D eigenvalue weighted by molar-refractivity contribution is -0.199. The predicted octanol–water partition coefficient (Wildman–Crippen LogP) is 0.963. The molecule has 3 saturated carbocycles. The van der Waals surface area contributed by atoms with Crippen molar-refractivity contribution in [3.8, 4) is 11.5 Å². The van der Waals surface area contributed by atoms with Crippen molar-refractivity contribution in [2.24, 2.45) is 11.8 Å². The molecule has 1 unspecified atom stereocenters. The number of aromatic hydroxyl groups is 1. The molecule has 5 atom stereocenters. The number of piperidine rings is 1. The van der Waals surface area contributed by atoms with Crippen molar-refractivity contribution in [3.05, 3.63) is 23.3 Å². The lowest BCUT2D eigenvalue weighted by Gasteiger charge is -2.63. The zero-order valence-electron chi connectivity index (χ0n) is 20.4. The van der Waals surface area contributed by atoms with Gasteiger partial charge in [0.25, 0.3) is 0 Å². The summed E-state index contributed by atoms with van der Waals surface area (Å²) in [6.45, 7) is 1.62. The maximum absolute atomic E-state index is 13.9. The second-order valence-corrected chi connectivity index (χ2v) is 11.8. The molecule has 1 aromatic rings. The Hall–Kier alpha value is -2.65. The average molecular weight is 497 g/mol. The van der Waals surface area contributed by atoms with Gasteiger partial charge in [-0.3, -0.25) is 14.5 Å². The van der Waals surface area contributed by atoms with Crippen LogP contribution < -0.4 is 10.1 Å². The fourth-order valence-electron chi connectivity index (χ4n) is 7.95. The number of phenols is 1. The van der Waals surface area contributed by atoms with Gasteiger partial charge in [0.15, 0.2) is 23.4 Å². The molecule has 0 radical (unpaired) electrons. The summed E-state index contributed by atoms with van der Waals surface area (Å²) in [4.78, 5) is 42.3. The zero-order chi connectivity index (χ0) is 25.0. The van der Waals surface area contributed by atoms with Crippen molar-refractivity contribution < 1.29 is 34.1 Å². The van der Waals surface area contributed by atoms with Crippen LogP contribution in [0.15, 0.2) is 12.1 Å². The van der Waals surface area contributed by atoms with E-state index < -0.39 is 46.2 Å². The molecule has 2 bridgehead atoms. The van der Waals surface area contributed by atoms with Gasteiger partial charge in [-0.25, -0.2) is 4.79 Å². The van der Waals surface area contributed by atoms with E-state index in [1.807, 2.05) is 6.07 Å². The normalized spacial score (nSPS) is 37.4. The van der Waals surface area contributed by atoms with Crippen LogP contribution in [0.2, 0.25) is 0 Å². The van der Waals surface area contributed by atoms with Crippen LogP contribution in [0.25, 0.3) is 0 Å². The second kappa shape index (κ2) is 7.22. The van der Waals surface area contributed by atoms with Crippen molar-refractivity contribution >= 4 is 17.7 Å². The van der Waals surface area contributed by atoms with E-state index in [0.717, 1.165) is 30.6 Å². The molecule has 2 heterocycles. The Morgan fingerprint density at radius 3 is 2.69 bits per heavy atom. The molecule has 2 aliphatic heterocycles. The first-order valence-electron chi connectivity index (χ1n) is 13.2. The molecule has 4 aliphatic carbocycles. The van der Waals surface area contributed by atoms with Crippen LogP contribution in [0.4, 0.5) is 0 Å². The number of carbonyl (C=O) groups is 3. The highest BCUT2D eigenvalue weighted by Gasteiger charge is 2.75. The molecule has 9 nitrogen and oxygen atoms in total. The third-order valence-corrected chi connectivity index (χ3v) is 10.1. The second-order valence-electron chi connectivity index (χ2n) is 11.8. The van der Waals surface area contributed by atoms with E-state index in [-0.39, 0.29) is 24.0 Å². The fraction of sp³-hybridized carbons (Fsp3) is 0.667. The number of likely N-dealkylation sites (tertiary alicyclic amines) is 1. The maximum Gasteiger partial charge on any atom is 0.331 e. The van der Waals surface area contributed by atoms with E-state index >= 15 is 0 Å². The number of methoxy groups -OCH3 is 1. The zero-order valence-corrected chi connectivity index (χ0v) is 20.4. The van der Waals surface area contributed by atoms with Crippen LogP contribution >= 0.6 is 0 Å². The summed E-state index contributed by atoms with van der Waals surface area (Å²) in [6.07, 6.45) is 4.07. The lowest BCUT2D eigenvalue weighted by Crippen LogP contribution is -2.78. The van der Waals surface area contributed by atoms with Gasteiger partial charge in [0.2, 0.25) is 5.91 Å². The van der Waals surface area contributed by atoms with Gasteiger partial charge in [0.05, 0.1) is 18.1 Å². The van der Waals surface area contributed by atoms with Crippen molar-refractivity contribution in [2.75, 3.05) is 20.2 Å². The first-order valence-corrected chi connectivity index (χ1v) is 13.2. The molecule has 9 heteroatoms. The Balaban J connectivity index is 1.30. The van der Waals surface area contributed by atoms with Crippen LogP contribution in [0.1, 0.15) is 56.1 Å². The number of amides is 1. The first kappa shape index (κ1) is 22.5. The van der Waals surface area contributed by atoms with Gasteiger partial charge >= 0.3 is 5.97 Å². The number of rotatable bonds is 5. The summed E-state index contributed by atoms with van der Waals surface area (Å²) in [5, 5.41) is 26.1. The van der Waals surface area contributed by atoms with Gasteiger partial charge in [0, 0.05) is 18.2 Å². The molecule has 4 fully saturated rings. The third kappa shape index (κ3) is 2.65. The molecule has 1 amide bonds. The molecule has 192 valence electrons. The van der Waals surface area contributed by atoms with Gasteiger partial charge in [-0.05, 0) is 75.5 Å². The summed E-state index contributed by atoms with van der Waals surface area (Å²) >= 11 is 0. The van der Waals surface area contributed by atoms with Crippen LogP contribution in [0.5, 0.6) is 11.5 Å². The smallest absolute Gasteiger partial charge is 0.331 e. The number of nitrogens with zero attached hydrogens (tertiary/aromatic N) is 1. The van der Waals surface area contributed by atoms with E-state index in [4.69, 9.17) is 9.47 Å². The number of carbonyl (C=O) groups excluding carboxylic acids is 3. The maximum atomic E-state index is 13.9. The molecular weight excluding hydrogens is 464 g/mol. The van der Waals surface area contributed by atoms with E-state index in [1.54, 1.807) is 6.07 Å². The van der Waals surface area contributed by atoms with Gasteiger partial charge in [-0.15, -0.1) is 0 Å². The van der Waals surface area contributed by atoms with Gasteiger partial charge < -0.3 is 25.0 Å². The number of hydrogen-bond donors (Lipinski definition) is 3. The number of benzene rings is 1. The largest absolute Gasteiger partial charge is 0.504 e. The molecular formula is C27H32N2O7. The number of hydrogen-bond acceptors (Lipinski definition) is 8. The number of ketones is 1. The Kier molecular flexibility index (Phi) is 4.52. The quantitative estimate of drug-likeness (QED) is 0.407. The lowest BCUT2D eigenvalue weighted by atomic mass is 9.47. The number of phenolic OH excluding ortho intramolecular Hbond substituents is 1. The number of aliphatic hydroxyl groups is 1. The fourth-order valence-corrected chi connectivity index (χ4v) is 7.95.